The van der Waals surface area contributed by atoms with E-state index in [9.17, 15) is 28.3 Å². The molecular weight excluding hydrogens is 425 g/mol. The number of ether oxygens (including phenoxy) is 2. The monoisotopic (exact) mass is 446 g/mol. The lowest BCUT2D eigenvalue weighted by atomic mass is 9.75. The molecule has 2 saturated heterocycles. The summed E-state index contributed by atoms with van der Waals surface area (Å²) in [7, 11) is 0. The Morgan fingerprint density at radius 2 is 1.84 bits per heavy atom. The summed E-state index contributed by atoms with van der Waals surface area (Å²) in [5.41, 5.74) is -1.79. The van der Waals surface area contributed by atoms with Crippen molar-refractivity contribution in [2.24, 2.45) is 0 Å². The molecule has 0 saturated carbocycles. The Morgan fingerprint density at radius 1 is 1.19 bits per heavy atom. The van der Waals surface area contributed by atoms with Crippen LogP contribution in [0, 0.1) is 11.3 Å². The van der Waals surface area contributed by atoms with Gasteiger partial charge in [-0.2, -0.15) is 18.4 Å². The van der Waals surface area contributed by atoms with Crippen molar-refractivity contribution in [1.82, 2.24) is 4.90 Å². The normalized spacial score (nSPS) is 25.2. The predicted octanol–water partition coefficient (Wildman–Crippen LogP) is 3.96. The van der Waals surface area contributed by atoms with Crippen molar-refractivity contribution in [3.63, 3.8) is 0 Å². The Hall–Kier alpha value is -3.09. The number of hydrogen-bond acceptors (Lipinski definition) is 5. The average Bonchev–Trinajstić information content (AvgIpc) is 2.76. The summed E-state index contributed by atoms with van der Waals surface area (Å²) in [6.45, 7) is 0.405. The number of halogens is 3. The van der Waals surface area contributed by atoms with Gasteiger partial charge in [-0.3, -0.25) is 4.90 Å². The molecule has 0 spiro atoms. The number of nitriles is 1. The lowest BCUT2D eigenvalue weighted by molar-refractivity contribution is -0.139. The second kappa shape index (κ2) is 8.45. The predicted molar refractivity (Wildman–Crippen MR) is 106 cm³/mol. The fraction of sp³-hybridized carbons (Fsp3) is 0.391. The number of amides is 1. The van der Waals surface area contributed by atoms with Crippen molar-refractivity contribution < 1.29 is 32.5 Å². The Kier molecular flexibility index (Phi) is 5.84. The van der Waals surface area contributed by atoms with Gasteiger partial charge in [-0.1, -0.05) is 36.4 Å². The molecule has 2 unspecified atom stereocenters. The van der Waals surface area contributed by atoms with Gasteiger partial charge >= 0.3 is 12.3 Å². The molecule has 0 radical (unpaired) electrons. The molecule has 2 aromatic rings. The maximum atomic E-state index is 13.1. The van der Waals surface area contributed by atoms with Gasteiger partial charge in [0, 0.05) is 18.4 Å². The first kappa shape index (κ1) is 22.1. The zero-order chi connectivity index (χ0) is 22.9. The molecule has 9 heteroatoms. The maximum Gasteiger partial charge on any atom is 0.416 e. The molecule has 2 aliphatic rings. The summed E-state index contributed by atoms with van der Waals surface area (Å²) >= 11 is 0. The van der Waals surface area contributed by atoms with Crippen LogP contribution in [0.25, 0.3) is 0 Å². The Bertz CT molecular complexity index is 1020. The van der Waals surface area contributed by atoms with Crippen molar-refractivity contribution in [3.05, 3.63) is 70.8 Å². The number of piperidine rings is 1. The van der Waals surface area contributed by atoms with Gasteiger partial charge in [0.1, 0.15) is 6.61 Å². The number of hydrogen-bond donors (Lipinski definition) is 1. The summed E-state index contributed by atoms with van der Waals surface area (Å²) in [5, 5.41) is 20.8. The van der Waals surface area contributed by atoms with Gasteiger partial charge in [0.05, 0.1) is 48.1 Å². The first-order valence-electron chi connectivity index (χ1n) is 10.1. The lowest BCUT2D eigenvalue weighted by Crippen LogP contribution is -2.62. The van der Waals surface area contributed by atoms with Crippen molar-refractivity contribution in [2.45, 2.75) is 43.3 Å². The van der Waals surface area contributed by atoms with Crippen LogP contribution >= 0.6 is 0 Å². The summed E-state index contributed by atoms with van der Waals surface area (Å²) in [6, 6.07) is 12.7. The van der Waals surface area contributed by atoms with E-state index in [2.05, 4.69) is 0 Å². The number of morpholine rings is 1. The second-order valence-corrected chi connectivity index (χ2v) is 8.10. The van der Waals surface area contributed by atoms with Crippen LogP contribution in [-0.2, 0) is 27.9 Å². The first-order valence-corrected chi connectivity index (χ1v) is 10.1. The van der Waals surface area contributed by atoms with Gasteiger partial charge in [0.2, 0.25) is 0 Å². The molecule has 2 aliphatic heterocycles. The van der Waals surface area contributed by atoms with Gasteiger partial charge < -0.3 is 14.6 Å². The number of aliphatic hydroxyl groups is 1. The topological polar surface area (TPSA) is 82.8 Å². The highest BCUT2D eigenvalue weighted by atomic mass is 19.4. The molecule has 0 aliphatic carbocycles. The minimum Gasteiger partial charge on any atom is -0.445 e. The number of carbonyl (C=O) groups is 1. The second-order valence-electron chi connectivity index (χ2n) is 8.10. The Balaban J connectivity index is 1.55. The molecule has 2 heterocycles. The molecule has 6 nitrogen and oxygen atoms in total. The van der Waals surface area contributed by atoms with Crippen LogP contribution in [0.4, 0.5) is 18.0 Å². The summed E-state index contributed by atoms with van der Waals surface area (Å²) in [5.74, 6) is 0. The Morgan fingerprint density at radius 3 is 2.44 bits per heavy atom. The van der Waals surface area contributed by atoms with Crippen LogP contribution in [0.5, 0.6) is 0 Å². The molecule has 4 rings (SSSR count). The van der Waals surface area contributed by atoms with Crippen molar-refractivity contribution >= 4 is 6.09 Å². The highest BCUT2D eigenvalue weighted by Gasteiger charge is 2.50. The van der Waals surface area contributed by atoms with Crippen molar-refractivity contribution in [1.29, 1.82) is 5.26 Å². The van der Waals surface area contributed by atoms with E-state index in [1.54, 1.807) is 6.07 Å². The van der Waals surface area contributed by atoms with Crippen LogP contribution in [0.2, 0.25) is 0 Å². The first-order chi connectivity index (χ1) is 15.2. The molecule has 2 bridgehead atoms. The SMILES string of the molecule is N#Cc1cc(C(F)(F)F)ccc1C1(O)CC2COCC(C1)N2C(=O)OCc1ccccc1. The minimum atomic E-state index is -4.59. The van der Waals surface area contributed by atoms with E-state index in [1.807, 2.05) is 30.3 Å². The van der Waals surface area contributed by atoms with Crippen molar-refractivity contribution in [2.75, 3.05) is 13.2 Å². The molecular formula is C23H21F3N2O4. The fourth-order valence-electron chi connectivity index (χ4n) is 4.51. The third-order valence-electron chi connectivity index (χ3n) is 5.94. The molecule has 0 aromatic heterocycles. The quantitative estimate of drug-likeness (QED) is 0.772. The zero-order valence-corrected chi connectivity index (χ0v) is 17.0. The highest BCUT2D eigenvalue weighted by Crippen LogP contribution is 2.43. The Labute approximate surface area is 182 Å². The van der Waals surface area contributed by atoms with Crippen LogP contribution in [-0.4, -0.2) is 41.4 Å². The van der Waals surface area contributed by atoms with Crippen molar-refractivity contribution in [3.8, 4) is 6.07 Å². The molecule has 2 fully saturated rings. The summed E-state index contributed by atoms with van der Waals surface area (Å²) in [6.07, 6.45) is -5.10. The number of alkyl halides is 3. The van der Waals surface area contributed by atoms with E-state index >= 15 is 0 Å². The third-order valence-corrected chi connectivity index (χ3v) is 5.94. The number of fused-ring (bicyclic) bond motifs is 2. The number of nitrogens with zero attached hydrogens (tertiary/aromatic N) is 2. The van der Waals surface area contributed by atoms with Crippen LogP contribution in [0.1, 0.15) is 35.1 Å². The number of carbonyl (C=O) groups excluding carboxylic acids is 1. The van der Waals surface area contributed by atoms with E-state index in [1.165, 1.54) is 4.90 Å². The standard InChI is InChI=1S/C23H21F3N2O4/c24-23(25,26)17-6-7-20(16(8-17)11-27)22(30)9-18-13-31-14-19(10-22)28(18)21(29)32-12-15-4-2-1-3-5-15/h1-8,18-19,30H,9-10,12-14H2. The lowest BCUT2D eigenvalue weighted by Gasteiger charge is -2.51. The van der Waals surface area contributed by atoms with Crippen LogP contribution in [0.3, 0.4) is 0 Å². The van der Waals surface area contributed by atoms with Gasteiger partial charge in [0.25, 0.3) is 0 Å². The maximum absolute atomic E-state index is 13.1. The molecule has 1 N–H and O–H groups in total. The smallest absolute Gasteiger partial charge is 0.416 e. The van der Waals surface area contributed by atoms with Crippen LogP contribution in [0.15, 0.2) is 48.5 Å². The zero-order valence-electron chi connectivity index (χ0n) is 17.0. The highest BCUT2D eigenvalue weighted by molar-refractivity contribution is 5.69. The van der Waals surface area contributed by atoms with E-state index in [-0.39, 0.29) is 43.8 Å². The number of benzene rings is 2. The van der Waals surface area contributed by atoms with Gasteiger partial charge in [-0.25, -0.2) is 4.79 Å². The molecule has 2 aromatic carbocycles. The summed E-state index contributed by atoms with van der Waals surface area (Å²) in [4.78, 5) is 14.3. The van der Waals surface area contributed by atoms with E-state index in [4.69, 9.17) is 9.47 Å². The summed E-state index contributed by atoms with van der Waals surface area (Å²) < 4.78 is 50.2. The molecule has 168 valence electrons. The number of rotatable bonds is 3. The van der Waals surface area contributed by atoms with E-state index in [0.717, 1.165) is 23.8 Å². The molecule has 2 atom stereocenters. The van der Waals surface area contributed by atoms with Crippen LogP contribution < -0.4 is 0 Å². The van der Waals surface area contributed by atoms with E-state index in [0.29, 0.717) is 0 Å². The van der Waals surface area contributed by atoms with Gasteiger partial charge in [-0.05, 0) is 17.7 Å². The minimum absolute atomic E-state index is 0.0178. The van der Waals surface area contributed by atoms with E-state index < -0.39 is 35.5 Å². The average molecular weight is 446 g/mol. The third kappa shape index (κ3) is 4.29. The molecule has 32 heavy (non-hydrogen) atoms. The van der Waals surface area contributed by atoms with Gasteiger partial charge in [0.15, 0.2) is 0 Å². The molecule has 1 amide bonds. The fourth-order valence-corrected chi connectivity index (χ4v) is 4.51. The van der Waals surface area contributed by atoms with Gasteiger partial charge in [-0.15, -0.1) is 0 Å². The largest absolute Gasteiger partial charge is 0.445 e.